The van der Waals surface area contributed by atoms with Gasteiger partial charge in [0, 0.05) is 46.8 Å². The number of anilines is 3. The Morgan fingerprint density at radius 3 is 2.31 bits per heavy atom. The Hall–Kier alpha value is -4.11. The first-order valence-electron chi connectivity index (χ1n) is 9.76. The summed E-state index contributed by atoms with van der Waals surface area (Å²) in [6, 6.07) is 19.8. The summed E-state index contributed by atoms with van der Waals surface area (Å²) >= 11 is 0. The first-order valence-corrected chi connectivity index (χ1v) is 11.2. The summed E-state index contributed by atoms with van der Waals surface area (Å²) < 4.78 is 28.5. The monoisotopic (exact) mass is 447 g/mol. The highest BCUT2D eigenvalue weighted by Gasteiger charge is 2.18. The molecule has 0 saturated carbocycles. The van der Waals surface area contributed by atoms with Gasteiger partial charge in [-0.15, -0.1) is 0 Å². The van der Waals surface area contributed by atoms with Gasteiger partial charge in [0.05, 0.1) is 4.90 Å². The Balaban J connectivity index is 1.43. The highest BCUT2D eigenvalue weighted by Crippen LogP contribution is 2.29. The minimum atomic E-state index is -3.84. The predicted octanol–water partition coefficient (Wildman–Crippen LogP) is 3.94. The van der Waals surface area contributed by atoms with Crippen LogP contribution in [0.5, 0.6) is 0 Å². The zero-order valence-corrected chi connectivity index (χ0v) is 17.8. The second kappa shape index (κ2) is 8.94. The van der Waals surface area contributed by atoms with Gasteiger partial charge in [0.15, 0.2) is 0 Å². The van der Waals surface area contributed by atoms with Gasteiger partial charge in [-0.25, -0.2) is 13.2 Å². The Morgan fingerprint density at radius 2 is 1.59 bits per heavy atom. The van der Waals surface area contributed by atoms with E-state index in [1.807, 2.05) is 6.07 Å². The van der Waals surface area contributed by atoms with Gasteiger partial charge < -0.3 is 16.4 Å². The van der Waals surface area contributed by atoms with Crippen LogP contribution >= 0.6 is 0 Å². The van der Waals surface area contributed by atoms with Crippen molar-refractivity contribution < 1.29 is 13.2 Å². The van der Waals surface area contributed by atoms with Crippen LogP contribution in [0.3, 0.4) is 0 Å². The average Bonchev–Trinajstić information content (AvgIpc) is 2.80. The molecule has 0 aliphatic heterocycles. The number of benzene rings is 3. The van der Waals surface area contributed by atoms with Crippen LogP contribution in [0, 0.1) is 0 Å². The number of aromatic nitrogens is 1. The number of amides is 2. The van der Waals surface area contributed by atoms with Crippen LogP contribution in [0.4, 0.5) is 21.9 Å². The Kier molecular flexibility index (Phi) is 5.91. The number of hydrogen-bond donors (Lipinski definition) is 4. The van der Waals surface area contributed by atoms with Gasteiger partial charge in [-0.3, -0.25) is 9.71 Å². The van der Waals surface area contributed by atoms with Gasteiger partial charge in [0.2, 0.25) is 0 Å². The number of pyridine rings is 1. The van der Waals surface area contributed by atoms with Crippen LogP contribution < -0.4 is 21.1 Å². The minimum Gasteiger partial charge on any atom is -0.398 e. The largest absolute Gasteiger partial charge is 0.398 e. The van der Waals surface area contributed by atoms with Crippen molar-refractivity contribution in [2.45, 2.75) is 11.4 Å². The standard InChI is InChI=1S/C23H21N5O3S/c24-21-11-12-22(20-6-2-1-5-19(20)21)32(30,31)28-18-9-7-17(8-10-18)27-23(29)26-15-16-4-3-13-25-14-16/h1-14,28H,15,24H2,(H2,26,27,29). The van der Waals surface area contributed by atoms with E-state index in [1.54, 1.807) is 73.1 Å². The lowest BCUT2D eigenvalue weighted by Gasteiger charge is -2.12. The normalized spacial score (nSPS) is 11.1. The van der Waals surface area contributed by atoms with Crippen LogP contribution in [0.2, 0.25) is 0 Å². The number of nitrogens with one attached hydrogen (secondary N) is 3. The molecule has 5 N–H and O–H groups in total. The van der Waals surface area contributed by atoms with E-state index < -0.39 is 10.0 Å². The Morgan fingerprint density at radius 1 is 0.875 bits per heavy atom. The van der Waals surface area contributed by atoms with Crippen LogP contribution in [0.15, 0.2) is 90.1 Å². The maximum absolute atomic E-state index is 13.0. The topological polar surface area (TPSA) is 126 Å². The summed E-state index contributed by atoms with van der Waals surface area (Å²) in [4.78, 5) is 16.2. The molecule has 4 rings (SSSR count). The van der Waals surface area contributed by atoms with E-state index in [0.717, 1.165) is 5.56 Å². The molecule has 9 heteroatoms. The van der Waals surface area contributed by atoms with Crippen LogP contribution in [-0.4, -0.2) is 19.4 Å². The third-order valence-electron chi connectivity index (χ3n) is 4.78. The smallest absolute Gasteiger partial charge is 0.319 e. The van der Waals surface area contributed by atoms with Gasteiger partial charge in [0.25, 0.3) is 10.0 Å². The van der Waals surface area contributed by atoms with Crippen LogP contribution in [0.25, 0.3) is 10.8 Å². The number of sulfonamides is 1. The third-order valence-corrected chi connectivity index (χ3v) is 6.22. The molecule has 3 aromatic carbocycles. The van der Waals surface area contributed by atoms with Crippen molar-refractivity contribution in [1.82, 2.24) is 10.3 Å². The molecule has 0 spiro atoms. The predicted molar refractivity (Wildman–Crippen MR) is 126 cm³/mol. The molecule has 0 fully saturated rings. The zero-order chi connectivity index (χ0) is 22.6. The third kappa shape index (κ3) is 4.79. The van der Waals surface area contributed by atoms with Crippen molar-refractivity contribution in [3.63, 3.8) is 0 Å². The average molecular weight is 448 g/mol. The molecule has 0 bridgehead atoms. The summed E-state index contributed by atoms with van der Waals surface area (Å²) in [7, 11) is -3.84. The first-order chi connectivity index (χ1) is 15.4. The number of nitrogens with two attached hydrogens (primary N) is 1. The van der Waals surface area contributed by atoms with Crippen molar-refractivity contribution in [3.05, 3.63) is 90.8 Å². The molecule has 0 unspecified atom stereocenters. The van der Waals surface area contributed by atoms with Crippen molar-refractivity contribution >= 4 is 43.9 Å². The van der Waals surface area contributed by atoms with Gasteiger partial charge in [-0.2, -0.15) is 0 Å². The lowest BCUT2D eigenvalue weighted by molar-refractivity contribution is 0.251. The van der Waals surface area contributed by atoms with E-state index in [-0.39, 0.29) is 10.9 Å². The van der Waals surface area contributed by atoms with E-state index in [4.69, 9.17) is 5.73 Å². The number of rotatable bonds is 6. The number of fused-ring (bicyclic) bond motifs is 1. The van der Waals surface area contributed by atoms with Crippen LogP contribution in [0.1, 0.15) is 5.56 Å². The molecule has 0 aliphatic rings. The fourth-order valence-corrected chi connectivity index (χ4v) is 4.49. The number of urea groups is 1. The van der Waals surface area contributed by atoms with Crippen LogP contribution in [-0.2, 0) is 16.6 Å². The van der Waals surface area contributed by atoms with E-state index >= 15 is 0 Å². The second-order valence-corrected chi connectivity index (χ2v) is 8.70. The number of hydrogen-bond acceptors (Lipinski definition) is 5. The maximum atomic E-state index is 13.0. The second-order valence-electron chi connectivity index (χ2n) is 7.05. The lowest BCUT2D eigenvalue weighted by atomic mass is 10.1. The Labute approximate surface area is 185 Å². The molecule has 1 aromatic heterocycles. The lowest BCUT2D eigenvalue weighted by Crippen LogP contribution is -2.28. The number of carbonyl (C=O) groups excluding carboxylic acids is 1. The van der Waals surface area contributed by atoms with Crippen molar-refractivity contribution in [2.75, 3.05) is 15.8 Å². The molecular formula is C23H21N5O3S. The van der Waals surface area contributed by atoms with Crippen molar-refractivity contribution in [1.29, 1.82) is 0 Å². The molecule has 0 radical (unpaired) electrons. The summed E-state index contributed by atoms with van der Waals surface area (Å²) in [5, 5.41) is 6.65. The fraction of sp³-hybridized carbons (Fsp3) is 0.0435. The Bertz CT molecular complexity index is 1360. The van der Waals surface area contributed by atoms with E-state index in [0.29, 0.717) is 34.4 Å². The molecule has 0 saturated heterocycles. The quantitative estimate of drug-likeness (QED) is 0.333. The molecular weight excluding hydrogens is 426 g/mol. The molecule has 162 valence electrons. The van der Waals surface area contributed by atoms with E-state index in [9.17, 15) is 13.2 Å². The minimum absolute atomic E-state index is 0.138. The van der Waals surface area contributed by atoms with E-state index in [1.165, 1.54) is 6.07 Å². The molecule has 1 heterocycles. The van der Waals surface area contributed by atoms with Crippen molar-refractivity contribution in [3.8, 4) is 0 Å². The van der Waals surface area contributed by atoms with Gasteiger partial charge >= 0.3 is 6.03 Å². The van der Waals surface area contributed by atoms with Gasteiger partial charge in [0.1, 0.15) is 0 Å². The number of nitrogens with zero attached hydrogens (tertiary/aromatic N) is 1. The number of nitrogen functional groups attached to an aromatic ring is 1. The summed E-state index contributed by atoms with van der Waals surface area (Å²) in [5.41, 5.74) is 8.25. The zero-order valence-electron chi connectivity index (χ0n) is 16.9. The highest BCUT2D eigenvalue weighted by molar-refractivity contribution is 7.93. The molecule has 8 nitrogen and oxygen atoms in total. The maximum Gasteiger partial charge on any atom is 0.319 e. The molecule has 0 aliphatic carbocycles. The molecule has 4 aromatic rings. The number of carbonyl (C=O) groups is 1. The summed E-state index contributed by atoms with van der Waals surface area (Å²) in [6.45, 7) is 0.340. The fourth-order valence-electron chi connectivity index (χ4n) is 3.22. The first kappa shape index (κ1) is 21.1. The van der Waals surface area contributed by atoms with Gasteiger partial charge in [-0.05, 0) is 48.0 Å². The summed E-state index contributed by atoms with van der Waals surface area (Å²) in [6.07, 6.45) is 3.33. The van der Waals surface area contributed by atoms with Crippen molar-refractivity contribution in [2.24, 2.45) is 0 Å². The summed E-state index contributed by atoms with van der Waals surface area (Å²) in [5.74, 6) is 0. The van der Waals surface area contributed by atoms with E-state index in [2.05, 4.69) is 20.3 Å². The van der Waals surface area contributed by atoms with Gasteiger partial charge in [-0.1, -0.05) is 30.3 Å². The molecule has 0 atom stereocenters. The molecule has 32 heavy (non-hydrogen) atoms. The highest BCUT2D eigenvalue weighted by atomic mass is 32.2. The molecule has 2 amide bonds. The SMILES string of the molecule is Nc1ccc(S(=O)(=O)Nc2ccc(NC(=O)NCc3cccnc3)cc2)c2ccccc12.